The number of benzene rings is 1. The minimum absolute atomic E-state index is 0.0837. The van der Waals surface area contributed by atoms with E-state index in [1.54, 1.807) is 18.2 Å². The molecule has 6 rings (SSSR count). The van der Waals surface area contributed by atoms with Crippen LogP contribution in [0.3, 0.4) is 0 Å². The monoisotopic (exact) mass is 408 g/mol. The zero-order chi connectivity index (χ0) is 21.5. The molecular weight excluding hydrogens is 384 g/mol. The molecule has 30 heavy (non-hydrogen) atoms. The fourth-order valence-corrected chi connectivity index (χ4v) is 6.00. The number of ketones is 2. The smallest absolute Gasteiger partial charge is 0.200 e. The first-order valence-corrected chi connectivity index (χ1v) is 10.3. The van der Waals surface area contributed by atoms with E-state index in [-0.39, 0.29) is 47.4 Å². The van der Waals surface area contributed by atoms with E-state index < -0.39 is 22.7 Å². The lowest BCUT2D eigenvalue weighted by atomic mass is 9.51. The highest BCUT2D eigenvalue weighted by Crippen LogP contribution is 2.67. The van der Waals surface area contributed by atoms with Gasteiger partial charge in [-0.3, -0.25) is 9.59 Å². The Bertz CT molecular complexity index is 1060. The van der Waals surface area contributed by atoms with Gasteiger partial charge in [0, 0.05) is 30.3 Å². The zero-order valence-corrected chi connectivity index (χ0v) is 17.2. The maximum atomic E-state index is 13.7. The molecule has 156 valence electrons. The van der Waals surface area contributed by atoms with Crippen molar-refractivity contribution in [2.24, 2.45) is 11.8 Å². The number of carbonyl (C=O) groups excluding carboxylic acids is 3. The van der Waals surface area contributed by atoms with Crippen LogP contribution in [-0.4, -0.2) is 39.8 Å². The first kappa shape index (κ1) is 19.2. The highest BCUT2D eigenvalue weighted by Gasteiger charge is 2.81. The van der Waals surface area contributed by atoms with Crippen LogP contribution in [0.2, 0.25) is 0 Å². The van der Waals surface area contributed by atoms with Gasteiger partial charge in [-0.15, -0.1) is 0 Å². The van der Waals surface area contributed by atoms with Crippen molar-refractivity contribution in [3.05, 3.63) is 47.1 Å². The summed E-state index contributed by atoms with van der Waals surface area (Å²) in [5.74, 6) is -0.894. The fourth-order valence-electron chi connectivity index (χ4n) is 6.00. The van der Waals surface area contributed by atoms with Gasteiger partial charge >= 0.3 is 0 Å². The molecule has 5 aliphatic rings. The third-order valence-corrected chi connectivity index (χ3v) is 7.25. The predicted octanol–water partition coefficient (Wildman–Crippen LogP) is 3.32. The van der Waals surface area contributed by atoms with Gasteiger partial charge in [-0.25, -0.2) is 0 Å². The lowest BCUT2D eigenvalue weighted by Gasteiger charge is -2.56. The molecule has 1 aromatic rings. The molecule has 3 aliphatic carbocycles. The predicted molar refractivity (Wildman–Crippen MR) is 107 cm³/mol. The number of phenols is 1. The molecule has 1 saturated heterocycles. The normalized spacial score (nSPS) is 35.4. The third-order valence-electron chi connectivity index (χ3n) is 7.25. The average molecular weight is 408 g/mol. The number of fused-ring (bicyclic) bond motifs is 1. The molecular formula is C24H24O6. The quantitative estimate of drug-likeness (QED) is 0.607. The Kier molecular flexibility index (Phi) is 3.79. The van der Waals surface area contributed by atoms with E-state index in [0.29, 0.717) is 12.0 Å². The van der Waals surface area contributed by atoms with E-state index in [2.05, 4.69) is 0 Å². The zero-order valence-electron chi connectivity index (χ0n) is 17.2. The maximum absolute atomic E-state index is 13.7. The van der Waals surface area contributed by atoms with Gasteiger partial charge in [0.25, 0.3) is 0 Å². The summed E-state index contributed by atoms with van der Waals surface area (Å²) in [5.41, 5.74) is -1.92. The summed E-state index contributed by atoms with van der Waals surface area (Å²) in [6.07, 6.45) is 5.44. The van der Waals surface area contributed by atoms with Crippen molar-refractivity contribution in [1.82, 2.24) is 0 Å². The van der Waals surface area contributed by atoms with Gasteiger partial charge in [0.2, 0.25) is 0 Å². The third kappa shape index (κ3) is 2.10. The van der Waals surface area contributed by atoms with E-state index in [9.17, 15) is 19.5 Å². The lowest BCUT2D eigenvalue weighted by molar-refractivity contribution is -0.171. The molecule has 2 heterocycles. The van der Waals surface area contributed by atoms with Crippen LogP contribution >= 0.6 is 0 Å². The summed E-state index contributed by atoms with van der Waals surface area (Å²) in [7, 11) is 0. The number of aromatic hydroxyl groups is 1. The number of phenolic OH excluding ortho intramolecular Hbond substituents is 1. The van der Waals surface area contributed by atoms with Gasteiger partial charge < -0.3 is 19.4 Å². The van der Waals surface area contributed by atoms with Crippen molar-refractivity contribution in [1.29, 1.82) is 0 Å². The molecule has 2 fully saturated rings. The van der Waals surface area contributed by atoms with Gasteiger partial charge in [0.05, 0.1) is 5.60 Å². The van der Waals surface area contributed by atoms with Crippen LogP contribution in [0, 0.1) is 11.8 Å². The Morgan fingerprint density at radius 3 is 2.80 bits per heavy atom. The number of hydrogen-bond donors (Lipinski definition) is 1. The summed E-state index contributed by atoms with van der Waals surface area (Å²) in [6.45, 7) is 5.71. The van der Waals surface area contributed by atoms with E-state index >= 15 is 0 Å². The molecule has 2 aliphatic heterocycles. The molecule has 0 radical (unpaired) electrons. The second kappa shape index (κ2) is 5.91. The van der Waals surface area contributed by atoms with Gasteiger partial charge in [-0.05, 0) is 39.3 Å². The molecule has 0 aromatic heterocycles. The number of aldehydes is 1. The van der Waals surface area contributed by atoms with Crippen LogP contribution in [0.5, 0.6) is 11.5 Å². The van der Waals surface area contributed by atoms with Crippen LogP contribution in [0.1, 0.15) is 50.4 Å². The number of hydrogen-bond acceptors (Lipinski definition) is 6. The lowest BCUT2D eigenvalue weighted by Crippen LogP contribution is -2.72. The van der Waals surface area contributed by atoms with Crippen LogP contribution in [-0.2, 0) is 14.3 Å². The summed E-state index contributed by atoms with van der Waals surface area (Å²) < 4.78 is 13.1. The van der Waals surface area contributed by atoms with Crippen molar-refractivity contribution >= 4 is 17.9 Å². The first-order valence-electron chi connectivity index (χ1n) is 10.3. The van der Waals surface area contributed by atoms with Crippen molar-refractivity contribution in [2.75, 3.05) is 0 Å². The van der Waals surface area contributed by atoms with Gasteiger partial charge in [0.15, 0.2) is 22.8 Å². The van der Waals surface area contributed by atoms with Crippen LogP contribution in [0.15, 0.2) is 41.5 Å². The molecule has 1 spiro atoms. The van der Waals surface area contributed by atoms with Crippen molar-refractivity contribution < 1.29 is 29.0 Å². The van der Waals surface area contributed by atoms with Crippen LogP contribution in [0.25, 0.3) is 0 Å². The molecule has 1 N–H and O–H groups in total. The van der Waals surface area contributed by atoms with Gasteiger partial charge in [-0.1, -0.05) is 23.8 Å². The Hall–Kier alpha value is -2.73. The topological polar surface area (TPSA) is 89.9 Å². The summed E-state index contributed by atoms with van der Waals surface area (Å²) in [6, 6.07) is 4.73. The van der Waals surface area contributed by atoms with Gasteiger partial charge in [0.1, 0.15) is 23.3 Å². The Morgan fingerprint density at radius 1 is 1.30 bits per heavy atom. The highest BCUT2D eigenvalue weighted by atomic mass is 16.6. The Labute approximate surface area is 174 Å². The van der Waals surface area contributed by atoms with E-state index in [1.807, 2.05) is 26.8 Å². The second-order valence-corrected chi connectivity index (χ2v) is 9.31. The Balaban J connectivity index is 1.76. The number of rotatable bonds is 4. The molecule has 4 bridgehead atoms. The van der Waals surface area contributed by atoms with Crippen LogP contribution < -0.4 is 4.74 Å². The van der Waals surface area contributed by atoms with Gasteiger partial charge in [-0.2, -0.15) is 0 Å². The van der Waals surface area contributed by atoms with E-state index in [1.165, 1.54) is 6.07 Å². The summed E-state index contributed by atoms with van der Waals surface area (Å²) >= 11 is 0. The second-order valence-electron chi connectivity index (χ2n) is 9.31. The minimum atomic E-state index is -1.35. The highest BCUT2D eigenvalue weighted by molar-refractivity contribution is 6.18. The molecule has 1 aromatic carbocycles. The van der Waals surface area contributed by atoms with Crippen molar-refractivity contribution in [2.45, 2.75) is 56.8 Å². The molecule has 6 nitrogen and oxygen atoms in total. The molecule has 0 amide bonds. The maximum Gasteiger partial charge on any atom is 0.200 e. The molecule has 4 atom stereocenters. The number of allylic oxidation sites excluding steroid dienone is 2. The standard InChI is InChI=1S/C24H24O6/c1-13(8-10-25)7-9-23-21(28)14-11-15-20(27)19-16(26)5-4-6-17(19)29-24(15,23)18(12-14)22(2,3)30-23/h4-7,10-11,14,18,26H,8-9,12H2,1-3H3/b13-7+. The molecule has 6 heteroatoms. The summed E-state index contributed by atoms with van der Waals surface area (Å²) in [5, 5.41) is 10.3. The molecule has 4 unspecified atom stereocenters. The van der Waals surface area contributed by atoms with Crippen molar-refractivity contribution in [3.8, 4) is 11.5 Å². The SMILES string of the molecule is C/C(=C\CC12OC(C)(C)C3CC(C=C4C(=O)c5c(O)cccc5OC431)C2=O)CC=O. The van der Waals surface area contributed by atoms with E-state index in [0.717, 1.165) is 11.9 Å². The summed E-state index contributed by atoms with van der Waals surface area (Å²) in [4.78, 5) is 38.1. The fraction of sp³-hybridized carbons (Fsp3) is 0.458. The Morgan fingerprint density at radius 2 is 2.07 bits per heavy atom. The largest absolute Gasteiger partial charge is 0.507 e. The van der Waals surface area contributed by atoms with E-state index in [4.69, 9.17) is 9.47 Å². The average Bonchev–Trinajstić information content (AvgIpc) is 2.84. The van der Waals surface area contributed by atoms with Crippen molar-refractivity contribution in [3.63, 3.8) is 0 Å². The number of ether oxygens (including phenoxy) is 2. The molecule has 1 saturated carbocycles. The van der Waals surface area contributed by atoms with Crippen LogP contribution in [0.4, 0.5) is 0 Å². The number of Topliss-reactive ketones (excluding diaryl/α,β-unsaturated/α-hetero) is 2. The number of carbonyl (C=O) groups is 3. The first-order chi connectivity index (χ1) is 14.2. The minimum Gasteiger partial charge on any atom is -0.507 e.